The minimum absolute atomic E-state index is 0.0140. The van der Waals surface area contributed by atoms with Crippen LogP contribution in [0.1, 0.15) is 33.6 Å². The lowest BCUT2D eigenvalue weighted by atomic mass is 10.2. The monoisotopic (exact) mass is 541 g/mol. The van der Waals surface area contributed by atoms with Crippen LogP contribution in [0.4, 0.5) is 15.4 Å². The standard InChI is InChI=1S/C23H36ClN7O4S/c1-4-6-7-25-22(33)31-13-12-30(15-17(31)3)19-14-18(24)26-21(27-19)36-16-20(32)28-8-10-29(11-9-28)23(34)35-5-2/h14,17H,4-13,15-16H2,1-3H3,(H,25,33). The zero-order chi connectivity index (χ0) is 26.1. The molecule has 1 unspecified atom stereocenters. The van der Waals surface area contributed by atoms with Gasteiger partial charge in [0.25, 0.3) is 0 Å². The number of hydrogen-bond acceptors (Lipinski definition) is 8. The molecule has 2 aliphatic heterocycles. The summed E-state index contributed by atoms with van der Waals surface area (Å²) in [5.74, 6) is 0.831. The molecular weight excluding hydrogens is 506 g/mol. The summed E-state index contributed by atoms with van der Waals surface area (Å²) in [6.07, 6.45) is 1.66. The number of carbonyl (C=O) groups excluding carboxylic acids is 3. The molecule has 0 aliphatic carbocycles. The molecule has 13 heteroatoms. The Labute approximate surface area is 221 Å². The topological polar surface area (TPSA) is 111 Å². The van der Waals surface area contributed by atoms with E-state index < -0.39 is 0 Å². The van der Waals surface area contributed by atoms with E-state index in [-0.39, 0.29) is 29.8 Å². The molecule has 200 valence electrons. The van der Waals surface area contributed by atoms with Crippen LogP contribution in [0.5, 0.6) is 0 Å². The second-order valence-electron chi connectivity index (χ2n) is 8.76. The number of nitrogens with zero attached hydrogens (tertiary/aromatic N) is 6. The molecule has 36 heavy (non-hydrogen) atoms. The predicted octanol–water partition coefficient (Wildman–Crippen LogP) is 2.54. The first kappa shape index (κ1) is 28.1. The summed E-state index contributed by atoms with van der Waals surface area (Å²) in [6, 6.07) is 1.69. The Morgan fingerprint density at radius 2 is 1.83 bits per heavy atom. The number of aromatic nitrogens is 2. The van der Waals surface area contributed by atoms with Crippen molar-refractivity contribution in [2.75, 3.05) is 69.6 Å². The van der Waals surface area contributed by atoms with Crippen molar-refractivity contribution >= 4 is 47.2 Å². The highest BCUT2D eigenvalue weighted by Crippen LogP contribution is 2.24. The van der Waals surface area contributed by atoms with E-state index in [2.05, 4.69) is 27.1 Å². The Morgan fingerprint density at radius 3 is 2.50 bits per heavy atom. The summed E-state index contributed by atoms with van der Waals surface area (Å²) in [5.41, 5.74) is 0. The van der Waals surface area contributed by atoms with Gasteiger partial charge in [-0.15, -0.1) is 0 Å². The van der Waals surface area contributed by atoms with Gasteiger partial charge in [-0.05, 0) is 20.3 Å². The number of ether oxygens (including phenoxy) is 1. The first-order chi connectivity index (χ1) is 17.3. The number of hydrogen-bond donors (Lipinski definition) is 1. The number of unbranched alkanes of at least 4 members (excludes halogenated alkanes) is 1. The van der Waals surface area contributed by atoms with E-state index in [1.807, 2.05) is 11.8 Å². The molecule has 1 N–H and O–H groups in total. The second kappa shape index (κ2) is 13.7. The van der Waals surface area contributed by atoms with Gasteiger partial charge in [-0.3, -0.25) is 4.79 Å². The average Bonchev–Trinajstić information content (AvgIpc) is 2.87. The molecule has 0 saturated carbocycles. The lowest BCUT2D eigenvalue weighted by Crippen LogP contribution is -2.56. The van der Waals surface area contributed by atoms with Crippen molar-refractivity contribution < 1.29 is 19.1 Å². The van der Waals surface area contributed by atoms with Crippen LogP contribution in [0, 0.1) is 0 Å². The lowest BCUT2D eigenvalue weighted by Gasteiger charge is -2.40. The molecule has 1 aromatic heterocycles. The highest BCUT2D eigenvalue weighted by molar-refractivity contribution is 7.99. The van der Waals surface area contributed by atoms with Gasteiger partial charge in [-0.25, -0.2) is 19.6 Å². The summed E-state index contributed by atoms with van der Waals surface area (Å²) in [7, 11) is 0. The van der Waals surface area contributed by atoms with Crippen LogP contribution in [0.25, 0.3) is 0 Å². The number of nitrogens with one attached hydrogen (secondary N) is 1. The summed E-state index contributed by atoms with van der Waals surface area (Å²) in [6.45, 7) is 10.6. The number of piperazine rings is 2. The van der Waals surface area contributed by atoms with Crippen molar-refractivity contribution in [3.63, 3.8) is 0 Å². The van der Waals surface area contributed by atoms with Crippen molar-refractivity contribution in [2.45, 2.75) is 44.8 Å². The van der Waals surface area contributed by atoms with E-state index in [9.17, 15) is 14.4 Å². The molecule has 2 aliphatic rings. The van der Waals surface area contributed by atoms with Crippen molar-refractivity contribution in [1.82, 2.24) is 30.0 Å². The van der Waals surface area contributed by atoms with Crippen molar-refractivity contribution in [3.8, 4) is 0 Å². The van der Waals surface area contributed by atoms with Crippen LogP contribution in [0.15, 0.2) is 11.2 Å². The average molecular weight is 542 g/mol. The van der Waals surface area contributed by atoms with Gasteiger partial charge in [0.15, 0.2) is 5.16 Å². The van der Waals surface area contributed by atoms with Crippen molar-refractivity contribution in [1.29, 1.82) is 0 Å². The quantitative estimate of drug-likeness (QED) is 0.231. The molecule has 4 amide bonds. The van der Waals surface area contributed by atoms with E-state index >= 15 is 0 Å². The summed E-state index contributed by atoms with van der Waals surface area (Å²) in [4.78, 5) is 53.2. The van der Waals surface area contributed by atoms with E-state index in [0.717, 1.165) is 12.8 Å². The molecule has 3 heterocycles. The largest absolute Gasteiger partial charge is 0.450 e. The number of rotatable bonds is 8. The Morgan fingerprint density at radius 1 is 1.11 bits per heavy atom. The van der Waals surface area contributed by atoms with Crippen LogP contribution in [0.3, 0.4) is 0 Å². The molecule has 0 radical (unpaired) electrons. The van der Waals surface area contributed by atoms with Crippen molar-refractivity contribution in [2.24, 2.45) is 0 Å². The molecule has 2 fully saturated rings. The fraction of sp³-hybridized carbons (Fsp3) is 0.696. The third kappa shape index (κ3) is 7.76. The van der Waals surface area contributed by atoms with Crippen LogP contribution in [-0.4, -0.2) is 113 Å². The second-order valence-corrected chi connectivity index (χ2v) is 10.1. The number of urea groups is 1. The molecule has 0 spiro atoms. The minimum atomic E-state index is -0.342. The van der Waals surface area contributed by atoms with Gasteiger partial charge in [-0.1, -0.05) is 36.7 Å². The summed E-state index contributed by atoms with van der Waals surface area (Å²) < 4.78 is 5.02. The van der Waals surface area contributed by atoms with Gasteiger partial charge in [0, 0.05) is 64.5 Å². The van der Waals surface area contributed by atoms with Crippen LogP contribution < -0.4 is 10.2 Å². The van der Waals surface area contributed by atoms with E-state index in [4.69, 9.17) is 16.3 Å². The summed E-state index contributed by atoms with van der Waals surface area (Å²) >= 11 is 7.52. The molecule has 11 nitrogen and oxygen atoms in total. The molecule has 0 bridgehead atoms. The Balaban J connectivity index is 1.51. The molecule has 0 aromatic carbocycles. The minimum Gasteiger partial charge on any atom is -0.450 e. The fourth-order valence-electron chi connectivity index (χ4n) is 4.12. The maximum atomic E-state index is 12.7. The molecule has 2 saturated heterocycles. The highest BCUT2D eigenvalue weighted by Gasteiger charge is 2.29. The number of carbonyl (C=O) groups is 3. The Bertz CT molecular complexity index is 916. The molecule has 1 aromatic rings. The maximum absolute atomic E-state index is 12.7. The van der Waals surface area contributed by atoms with Gasteiger partial charge in [0.05, 0.1) is 12.4 Å². The molecule has 3 rings (SSSR count). The van der Waals surface area contributed by atoms with Gasteiger partial charge in [0.2, 0.25) is 5.91 Å². The normalized spacial score (nSPS) is 18.3. The van der Waals surface area contributed by atoms with Crippen LogP contribution in [0.2, 0.25) is 5.15 Å². The Hall–Kier alpha value is -2.47. The fourth-order valence-corrected chi connectivity index (χ4v) is 5.11. The van der Waals surface area contributed by atoms with Gasteiger partial charge in [-0.2, -0.15) is 0 Å². The third-order valence-electron chi connectivity index (χ3n) is 6.16. The first-order valence-electron chi connectivity index (χ1n) is 12.5. The van der Waals surface area contributed by atoms with E-state index in [1.54, 1.807) is 22.8 Å². The van der Waals surface area contributed by atoms with Gasteiger partial charge in [0.1, 0.15) is 11.0 Å². The number of anilines is 1. The van der Waals surface area contributed by atoms with Crippen LogP contribution in [-0.2, 0) is 9.53 Å². The first-order valence-corrected chi connectivity index (χ1v) is 13.8. The van der Waals surface area contributed by atoms with Gasteiger partial charge < -0.3 is 29.7 Å². The third-order valence-corrected chi connectivity index (χ3v) is 7.19. The predicted molar refractivity (Wildman–Crippen MR) is 140 cm³/mol. The molecule has 1 atom stereocenters. The SMILES string of the molecule is CCCCNC(=O)N1CCN(c2cc(Cl)nc(SCC(=O)N3CCN(C(=O)OCC)CC3)n2)CC1C. The lowest BCUT2D eigenvalue weighted by molar-refractivity contribution is -0.129. The Kier molecular flexibility index (Phi) is 10.7. The smallest absolute Gasteiger partial charge is 0.409 e. The zero-order valence-corrected chi connectivity index (χ0v) is 22.8. The van der Waals surface area contributed by atoms with E-state index in [0.29, 0.717) is 75.1 Å². The zero-order valence-electron chi connectivity index (χ0n) is 21.2. The highest BCUT2D eigenvalue weighted by atomic mass is 35.5. The van der Waals surface area contributed by atoms with Gasteiger partial charge >= 0.3 is 12.1 Å². The number of thioether (sulfide) groups is 1. The van der Waals surface area contributed by atoms with Crippen LogP contribution >= 0.6 is 23.4 Å². The van der Waals surface area contributed by atoms with E-state index in [1.165, 1.54) is 11.8 Å². The summed E-state index contributed by atoms with van der Waals surface area (Å²) in [5, 5.41) is 3.73. The maximum Gasteiger partial charge on any atom is 0.409 e. The van der Waals surface area contributed by atoms with Crippen molar-refractivity contribution in [3.05, 3.63) is 11.2 Å². The number of halogens is 1. The number of amides is 4. The molecular formula is C23H36ClN7O4S.